The van der Waals surface area contributed by atoms with Gasteiger partial charge in [0.1, 0.15) is 0 Å². The van der Waals surface area contributed by atoms with Crippen LogP contribution in [0.15, 0.2) is 18.2 Å². The first-order chi connectivity index (χ1) is 9.36. The number of carbonyl (C=O) groups excluding carboxylic acids is 1. The van der Waals surface area contributed by atoms with Crippen LogP contribution in [0.2, 0.25) is 0 Å². The maximum absolute atomic E-state index is 12.9. The SMILES string of the molecule is Cc1cc(C(=O)[C@H]2[C@@H](C)CCCC2(C)C)ccc1C#N. The third-order valence-electron chi connectivity index (χ3n) is 4.81. The van der Waals surface area contributed by atoms with E-state index in [0.29, 0.717) is 11.5 Å². The fourth-order valence-electron chi connectivity index (χ4n) is 3.71. The molecular formula is C18H23NO. The van der Waals surface area contributed by atoms with Crippen molar-refractivity contribution in [2.45, 2.75) is 47.0 Å². The number of nitriles is 1. The molecule has 0 aliphatic heterocycles. The predicted octanol–water partition coefficient (Wildman–Crippen LogP) is 4.51. The first kappa shape index (κ1) is 14.8. The van der Waals surface area contributed by atoms with Crippen molar-refractivity contribution in [2.24, 2.45) is 17.3 Å². The van der Waals surface area contributed by atoms with Crippen LogP contribution in [-0.4, -0.2) is 5.78 Å². The second-order valence-corrected chi connectivity index (χ2v) is 6.84. The first-order valence-corrected chi connectivity index (χ1v) is 7.42. The molecule has 2 atom stereocenters. The molecule has 0 bridgehead atoms. The molecule has 0 amide bonds. The second-order valence-electron chi connectivity index (χ2n) is 6.84. The summed E-state index contributed by atoms with van der Waals surface area (Å²) in [6.07, 6.45) is 3.46. The molecule has 0 heterocycles. The number of carbonyl (C=O) groups is 1. The van der Waals surface area contributed by atoms with E-state index in [1.54, 1.807) is 6.07 Å². The van der Waals surface area contributed by atoms with Crippen LogP contribution in [0.25, 0.3) is 0 Å². The Hall–Kier alpha value is -1.62. The van der Waals surface area contributed by atoms with Gasteiger partial charge in [0, 0.05) is 11.5 Å². The Labute approximate surface area is 121 Å². The summed E-state index contributed by atoms with van der Waals surface area (Å²) in [7, 11) is 0. The zero-order valence-electron chi connectivity index (χ0n) is 12.9. The largest absolute Gasteiger partial charge is 0.294 e. The van der Waals surface area contributed by atoms with Gasteiger partial charge in [0.25, 0.3) is 0 Å². The lowest BCUT2D eigenvalue weighted by molar-refractivity contribution is 0.0539. The minimum Gasteiger partial charge on any atom is -0.294 e. The van der Waals surface area contributed by atoms with Gasteiger partial charge in [-0.05, 0) is 48.8 Å². The lowest BCUT2D eigenvalue weighted by atomic mass is 9.62. The Bertz CT molecular complexity index is 565. The second kappa shape index (κ2) is 5.40. The smallest absolute Gasteiger partial charge is 0.166 e. The van der Waals surface area contributed by atoms with E-state index < -0.39 is 0 Å². The number of hydrogen-bond donors (Lipinski definition) is 0. The summed E-state index contributed by atoms with van der Waals surface area (Å²) in [6.45, 7) is 8.51. The van der Waals surface area contributed by atoms with E-state index >= 15 is 0 Å². The van der Waals surface area contributed by atoms with Gasteiger partial charge in [0.05, 0.1) is 11.6 Å². The minimum atomic E-state index is 0.0660. The third-order valence-corrected chi connectivity index (χ3v) is 4.81. The highest BCUT2D eigenvalue weighted by Gasteiger charge is 2.41. The van der Waals surface area contributed by atoms with Crippen molar-refractivity contribution in [1.82, 2.24) is 0 Å². The zero-order valence-corrected chi connectivity index (χ0v) is 12.9. The molecule has 1 aliphatic carbocycles. The molecule has 0 unspecified atom stereocenters. The van der Waals surface area contributed by atoms with E-state index in [0.717, 1.165) is 24.0 Å². The van der Waals surface area contributed by atoms with Crippen LogP contribution < -0.4 is 0 Å². The Morgan fingerprint density at radius 3 is 2.65 bits per heavy atom. The van der Waals surface area contributed by atoms with E-state index in [1.807, 2.05) is 19.1 Å². The average Bonchev–Trinajstić information content (AvgIpc) is 2.37. The van der Waals surface area contributed by atoms with Crippen LogP contribution in [0.5, 0.6) is 0 Å². The molecule has 0 saturated heterocycles. The lowest BCUT2D eigenvalue weighted by Crippen LogP contribution is -2.39. The van der Waals surface area contributed by atoms with Crippen LogP contribution in [0.4, 0.5) is 0 Å². The van der Waals surface area contributed by atoms with Crippen molar-refractivity contribution in [2.75, 3.05) is 0 Å². The third kappa shape index (κ3) is 2.63. The van der Waals surface area contributed by atoms with Crippen molar-refractivity contribution >= 4 is 5.78 Å². The molecule has 106 valence electrons. The predicted molar refractivity (Wildman–Crippen MR) is 80.5 cm³/mol. The Morgan fingerprint density at radius 2 is 2.10 bits per heavy atom. The Kier molecular flexibility index (Phi) is 3.99. The molecule has 1 fully saturated rings. The highest BCUT2D eigenvalue weighted by Crippen LogP contribution is 2.45. The summed E-state index contributed by atoms with van der Waals surface area (Å²) in [6, 6.07) is 7.61. The number of rotatable bonds is 2. The fourth-order valence-corrected chi connectivity index (χ4v) is 3.71. The quantitative estimate of drug-likeness (QED) is 0.741. The number of hydrogen-bond acceptors (Lipinski definition) is 2. The highest BCUT2D eigenvalue weighted by molar-refractivity contribution is 5.98. The van der Waals surface area contributed by atoms with Gasteiger partial charge in [-0.15, -0.1) is 0 Å². The van der Waals surface area contributed by atoms with E-state index in [9.17, 15) is 4.79 Å². The van der Waals surface area contributed by atoms with E-state index in [-0.39, 0.29) is 17.1 Å². The van der Waals surface area contributed by atoms with Gasteiger partial charge < -0.3 is 0 Å². The number of ketones is 1. The van der Waals surface area contributed by atoms with Crippen molar-refractivity contribution in [1.29, 1.82) is 5.26 Å². The van der Waals surface area contributed by atoms with Crippen LogP contribution in [-0.2, 0) is 0 Å². The summed E-state index contributed by atoms with van der Waals surface area (Å²) in [4.78, 5) is 12.9. The standard InChI is InChI=1S/C18H23NO/c1-12-6-5-9-18(3,4)16(12)17(20)14-7-8-15(11-19)13(2)10-14/h7-8,10,12,16H,5-6,9H2,1-4H3/t12-,16+/m0/s1. The molecule has 2 nitrogen and oxygen atoms in total. The Balaban J connectivity index is 2.35. The summed E-state index contributed by atoms with van der Waals surface area (Å²) >= 11 is 0. The van der Waals surface area contributed by atoms with Crippen LogP contribution in [0.3, 0.4) is 0 Å². The summed E-state index contributed by atoms with van der Waals surface area (Å²) in [5, 5.41) is 8.99. The van der Waals surface area contributed by atoms with Gasteiger partial charge in [-0.2, -0.15) is 5.26 Å². The minimum absolute atomic E-state index is 0.0660. The highest BCUT2D eigenvalue weighted by atomic mass is 16.1. The average molecular weight is 269 g/mol. The van der Waals surface area contributed by atoms with Gasteiger partial charge in [-0.1, -0.05) is 33.3 Å². The molecule has 1 aromatic rings. The van der Waals surface area contributed by atoms with Crippen LogP contribution in [0.1, 0.15) is 61.5 Å². The molecule has 1 aliphatic rings. The van der Waals surface area contributed by atoms with Crippen molar-refractivity contribution in [3.63, 3.8) is 0 Å². The lowest BCUT2D eigenvalue weighted by Gasteiger charge is -2.42. The monoisotopic (exact) mass is 269 g/mol. The number of Topliss-reactive ketones (excluding diaryl/α,β-unsaturated/α-hetero) is 1. The molecule has 0 spiro atoms. The first-order valence-electron chi connectivity index (χ1n) is 7.42. The summed E-state index contributed by atoms with van der Waals surface area (Å²) in [5.74, 6) is 0.764. The van der Waals surface area contributed by atoms with Gasteiger partial charge in [0.2, 0.25) is 0 Å². The van der Waals surface area contributed by atoms with Crippen LogP contribution in [0, 0.1) is 35.5 Å². The molecule has 2 rings (SSSR count). The molecule has 2 heteroatoms. The molecular weight excluding hydrogens is 246 g/mol. The summed E-state index contributed by atoms with van der Waals surface area (Å²) in [5.41, 5.74) is 2.36. The van der Waals surface area contributed by atoms with Crippen molar-refractivity contribution < 1.29 is 4.79 Å². The molecule has 1 saturated carbocycles. The van der Waals surface area contributed by atoms with E-state index in [1.165, 1.54) is 6.42 Å². The van der Waals surface area contributed by atoms with Crippen LogP contribution >= 0.6 is 0 Å². The maximum atomic E-state index is 12.9. The summed E-state index contributed by atoms with van der Waals surface area (Å²) < 4.78 is 0. The number of aryl methyl sites for hydroxylation is 1. The fraction of sp³-hybridized carbons (Fsp3) is 0.556. The molecule has 20 heavy (non-hydrogen) atoms. The van der Waals surface area contributed by atoms with Crippen molar-refractivity contribution in [3.05, 3.63) is 34.9 Å². The topological polar surface area (TPSA) is 40.9 Å². The zero-order chi connectivity index (χ0) is 14.9. The number of nitrogens with zero attached hydrogens (tertiary/aromatic N) is 1. The molecule has 1 aromatic carbocycles. The van der Waals surface area contributed by atoms with Gasteiger partial charge in [0.15, 0.2) is 5.78 Å². The van der Waals surface area contributed by atoms with E-state index in [4.69, 9.17) is 5.26 Å². The maximum Gasteiger partial charge on any atom is 0.166 e. The molecule has 0 aromatic heterocycles. The van der Waals surface area contributed by atoms with Gasteiger partial charge in [-0.25, -0.2) is 0 Å². The molecule has 0 N–H and O–H groups in total. The van der Waals surface area contributed by atoms with E-state index in [2.05, 4.69) is 26.8 Å². The normalized spacial score (nSPS) is 24.9. The molecule has 0 radical (unpaired) electrons. The van der Waals surface area contributed by atoms with Gasteiger partial charge in [-0.3, -0.25) is 4.79 Å². The number of benzene rings is 1. The Morgan fingerprint density at radius 1 is 1.40 bits per heavy atom. The van der Waals surface area contributed by atoms with Crippen molar-refractivity contribution in [3.8, 4) is 6.07 Å². The van der Waals surface area contributed by atoms with Gasteiger partial charge >= 0.3 is 0 Å².